The number of hydrogen-bond donors (Lipinski definition) is 1. The molecule has 45 heavy (non-hydrogen) atoms. The summed E-state index contributed by atoms with van der Waals surface area (Å²) in [6, 6.07) is 23.9. The Morgan fingerprint density at radius 3 is 1.91 bits per heavy atom. The van der Waals surface area contributed by atoms with Crippen molar-refractivity contribution in [3.05, 3.63) is 90.1 Å². The van der Waals surface area contributed by atoms with Crippen LogP contribution in [0.4, 0.5) is 0 Å². The molecule has 1 heterocycles. The number of hydrogen-bond acceptors (Lipinski definition) is 4. The van der Waals surface area contributed by atoms with Gasteiger partial charge in [0.25, 0.3) is 0 Å². The summed E-state index contributed by atoms with van der Waals surface area (Å²) in [5, 5.41) is 6.14. The zero-order chi connectivity index (χ0) is 33.8. The maximum atomic E-state index is 12.3. The summed E-state index contributed by atoms with van der Waals surface area (Å²) in [5.74, 6) is 0.937. The van der Waals surface area contributed by atoms with Crippen LogP contribution in [0.25, 0.3) is 21.7 Å². The molecule has 3 aromatic carbocycles. The lowest BCUT2D eigenvalue weighted by atomic mass is 10.00. The van der Waals surface area contributed by atoms with Crippen molar-refractivity contribution >= 4 is 39.3 Å². The van der Waals surface area contributed by atoms with E-state index in [4.69, 9.17) is 0 Å². The Balaban J connectivity index is 0.000000393. The van der Waals surface area contributed by atoms with Crippen LogP contribution in [-0.4, -0.2) is 47.1 Å². The highest BCUT2D eigenvalue weighted by atomic mass is 16.2. The molecule has 0 radical (unpaired) electrons. The standard InChI is InChI=1S/C19H24N2O2.C13H13NO.C4H10.C3H8/c1-4-18(22)21(5-2)17(19(23)20-3)13-14-10-11-15-8-6-7-9-16(15)12-14;1-10(15)6-7-11-8-12-4-2-3-5-13(12)14-9-11;1-4(2)3;1-3-2/h6-12,17H,4-5,13H2,1-3H3,(H,20,23);2-5,8-9H,6-7H2,1H3;4H,1-3H3;3H2,1-2H3. The third-order valence-corrected chi connectivity index (χ3v) is 6.54. The highest BCUT2D eigenvalue weighted by molar-refractivity contribution is 5.88. The summed E-state index contributed by atoms with van der Waals surface area (Å²) in [7, 11) is 1.61. The number of nitrogens with one attached hydrogen (secondary N) is 1. The Morgan fingerprint density at radius 2 is 1.36 bits per heavy atom. The van der Waals surface area contributed by atoms with E-state index < -0.39 is 6.04 Å². The average molecular weight is 614 g/mol. The number of rotatable bonds is 9. The fraction of sp³-hybridized carbons (Fsp3) is 0.436. The van der Waals surface area contributed by atoms with E-state index in [2.05, 4.69) is 75.3 Å². The fourth-order valence-corrected chi connectivity index (χ4v) is 4.45. The zero-order valence-corrected chi connectivity index (χ0v) is 29.0. The second-order valence-corrected chi connectivity index (χ2v) is 11.7. The molecule has 6 heteroatoms. The number of likely N-dealkylation sites (N-methyl/N-ethyl adjacent to an activating group) is 2. The van der Waals surface area contributed by atoms with E-state index in [9.17, 15) is 14.4 Å². The molecule has 0 fully saturated rings. The summed E-state index contributed by atoms with van der Waals surface area (Å²) in [6.07, 6.45) is 5.40. The summed E-state index contributed by atoms with van der Waals surface area (Å²) >= 11 is 0. The van der Waals surface area contributed by atoms with Gasteiger partial charge in [0.15, 0.2) is 0 Å². The number of aryl methyl sites for hydroxylation is 1. The predicted molar refractivity (Wildman–Crippen MR) is 190 cm³/mol. The molecule has 6 nitrogen and oxygen atoms in total. The molecule has 1 unspecified atom stereocenters. The van der Waals surface area contributed by atoms with Crippen LogP contribution in [0, 0.1) is 5.92 Å². The lowest BCUT2D eigenvalue weighted by Gasteiger charge is -2.29. The van der Waals surface area contributed by atoms with Gasteiger partial charge in [0.05, 0.1) is 5.52 Å². The van der Waals surface area contributed by atoms with Crippen molar-refractivity contribution in [2.75, 3.05) is 13.6 Å². The molecule has 1 N–H and O–H groups in total. The Kier molecular flexibility index (Phi) is 18.7. The Morgan fingerprint density at radius 1 is 0.800 bits per heavy atom. The van der Waals surface area contributed by atoms with E-state index in [0.717, 1.165) is 39.8 Å². The summed E-state index contributed by atoms with van der Waals surface area (Å²) in [4.78, 5) is 41.3. The number of fused-ring (bicyclic) bond motifs is 2. The number of amides is 2. The SMILES string of the molecule is CC(=O)CCc1cnc2ccccc2c1.CC(C)C.CCC.CCC(=O)N(CC)C(Cc1ccc2ccccc2c1)C(=O)NC. The molecule has 0 saturated carbocycles. The number of Topliss-reactive ketones (excluding diaryl/α,β-unsaturated/α-hetero) is 1. The number of aromatic nitrogens is 1. The highest BCUT2D eigenvalue weighted by Gasteiger charge is 2.27. The Bertz CT molecular complexity index is 1460. The zero-order valence-electron chi connectivity index (χ0n) is 29.0. The van der Waals surface area contributed by atoms with Crippen LogP contribution >= 0.6 is 0 Å². The minimum absolute atomic E-state index is 0.00175. The van der Waals surface area contributed by atoms with Crippen LogP contribution < -0.4 is 5.32 Å². The lowest BCUT2D eigenvalue weighted by Crippen LogP contribution is -2.49. The quantitative estimate of drug-likeness (QED) is 0.205. The molecule has 0 bridgehead atoms. The Hall–Kier alpha value is -4.06. The number of carbonyl (C=O) groups excluding carboxylic acids is 3. The molecule has 2 amide bonds. The van der Waals surface area contributed by atoms with E-state index in [1.165, 1.54) is 11.8 Å². The van der Waals surface area contributed by atoms with Crippen molar-refractivity contribution in [2.45, 2.75) is 93.5 Å². The molecular weight excluding hydrogens is 558 g/mol. The first kappa shape index (κ1) is 39.0. The van der Waals surface area contributed by atoms with Crippen molar-refractivity contribution in [3.63, 3.8) is 0 Å². The molecular formula is C39H55N3O3. The van der Waals surface area contributed by atoms with E-state index in [1.807, 2.05) is 62.5 Å². The first-order valence-corrected chi connectivity index (χ1v) is 16.3. The molecule has 0 aliphatic carbocycles. The minimum Gasteiger partial charge on any atom is -0.357 e. The third kappa shape index (κ3) is 14.5. The van der Waals surface area contributed by atoms with Crippen molar-refractivity contribution in [2.24, 2.45) is 5.92 Å². The highest BCUT2D eigenvalue weighted by Crippen LogP contribution is 2.19. The smallest absolute Gasteiger partial charge is 0.242 e. The summed E-state index contributed by atoms with van der Waals surface area (Å²) < 4.78 is 0. The summed E-state index contributed by atoms with van der Waals surface area (Å²) in [6.45, 7) is 16.6. The Labute approximate surface area is 271 Å². The minimum atomic E-state index is -0.474. The first-order valence-electron chi connectivity index (χ1n) is 16.3. The predicted octanol–water partition coefficient (Wildman–Crippen LogP) is 8.59. The fourth-order valence-electron chi connectivity index (χ4n) is 4.45. The number of ketones is 1. The number of nitrogens with zero attached hydrogens (tertiary/aromatic N) is 2. The molecule has 1 aromatic heterocycles. The normalized spacial score (nSPS) is 10.8. The van der Waals surface area contributed by atoms with Crippen LogP contribution in [0.2, 0.25) is 0 Å². The van der Waals surface area contributed by atoms with Crippen LogP contribution in [0.3, 0.4) is 0 Å². The number of para-hydroxylation sites is 1. The second kappa shape index (κ2) is 21.6. The van der Waals surface area contributed by atoms with Gasteiger partial charge in [-0.2, -0.15) is 0 Å². The average Bonchev–Trinajstić information content (AvgIpc) is 3.03. The van der Waals surface area contributed by atoms with Crippen molar-refractivity contribution < 1.29 is 14.4 Å². The molecule has 4 aromatic rings. The largest absolute Gasteiger partial charge is 0.357 e. The van der Waals surface area contributed by atoms with Gasteiger partial charge in [0.2, 0.25) is 11.8 Å². The topological polar surface area (TPSA) is 79.4 Å². The number of benzene rings is 3. The second-order valence-electron chi connectivity index (χ2n) is 11.7. The maximum Gasteiger partial charge on any atom is 0.242 e. The van der Waals surface area contributed by atoms with Gasteiger partial charge in [-0.15, -0.1) is 0 Å². The lowest BCUT2D eigenvalue weighted by molar-refractivity contribution is -0.139. The maximum absolute atomic E-state index is 12.3. The van der Waals surface area contributed by atoms with Gasteiger partial charge >= 0.3 is 0 Å². The summed E-state index contributed by atoms with van der Waals surface area (Å²) in [5.41, 5.74) is 3.19. The monoisotopic (exact) mass is 613 g/mol. The molecule has 0 spiro atoms. The van der Waals surface area contributed by atoms with Gasteiger partial charge in [0, 0.05) is 44.4 Å². The molecule has 244 valence electrons. The van der Waals surface area contributed by atoms with E-state index in [1.54, 1.807) is 18.9 Å². The van der Waals surface area contributed by atoms with Crippen molar-refractivity contribution in [3.8, 4) is 0 Å². The van der Waals surface area contributed by atoms with Gasteiger partial charge in [-0.1, -0.05) is 109 Å². The van der Waals surface area contributed by atoms with Crippen LogP contribution in [0.1, 0.15) is 85.8 Å². The van der Waals surface area contributed by atoms with Crippen LogP contribution in [-0.2, 0) is 27.2 Å². The first-order chi connectivity index (χ1) is 21.5. The third-order valence-electron chi connectivity index (χ3n) is 6.54. The molecule has 0 aliphatic rings. The van der Waals surface area contributed by atoms with Crippen molar-refractivity contribution in [1.29, 1.82) is 0 Å². The number of pyridine rings is 1. The molecule has 0 aliphatic heterocycles. The molecule has 1 atom stereocenters. The van der Waals surface area contributed by atoms with E-state index in [0.29, 0.717) is 25.8 Å². The van der Waals surface area contributed by atoms with Crippen LogP contribution in [0.15, 0.2) is 79.0 Å². The van der Waals surface area contributed by atoms with E-state index >= 15 is 0 Å². The van der Waals surface area contributed by atoms with Gasteiger partial charge in [-0.25, -0.2) is 0 Å². The van der Waals surface area contributed by atoms with Gasteiger partial charge in [-0.3, -0.25) is 14.6 Å². The van der Waals surface area contributed by atoms with Crippen LogP contribution in [0.5, 0.6) is 0 Å². The molecule has 4 rings (SSSR count). The van der Waals surface area contributed by atoms with Crippen molar-refractivity contribution in [1.82, 2.24) is 15.2 Å². The van der Waals surface area contributed by atoms with E-state index in [-0.39, 0.29) is 17.6 Å². The van der Waals surface area contributed by atoms with Gasteiger partial charge in [-0.05, 0) is 60.2 Å². The van der Waals surface area contributed by atoms with Gasteiger partial charge < -0.3 is 15.0 Å². The number of carbonyl (C=O) groups is 3. The molecule has 0 saturated heterocycles. The van der Waals surface area contributed by atoms with Gasteiger partial charge in [0.1, 0.15) is 11.8 Å².